The molecule has 1 aromatic carbocycles. The lowest BCUT2D eigenvalue weighted by molar-refractivity contribution is -0.161. The molecule has 1 unspecified atom stereocenters. The number of hydrogen-bond donors (Lipinski definition) is 1. The normalized spacial score (nSPS) is 16.6. The van der Waals surface area contributed by atoms with Crippen molar-refractivity contribution < 1.29 is 43.0 Å². The fourth-order valence-corrected chi connectivity index (χ4v) is 6.12. The van der Waals surface area contributed by atoms with Crippen LogP contribution in [-0.4, -0.2) is 74.9 Å². The summed E-state index contributed by atoms with van der Waals surface area (Å²) in [6.45, 7) is 14.9. The predicted octanol–water partition coefficient (Wildman–Crippen LogP) is 4.94. The van der Waals surface area contributed by atoms with E-state index in [1.807, 2.05) is 0 Å². The van der Waals surface area contributed by atoms with Crippen LogP contribution in [0, 0.1) is 0 Å². The number of carbonyl (C=O) groups is 6. The number of nitrogens with zero attached hydrogens (tertiary/aromatic N) is 2. The first-order valence-electron chi connectivity index (χ1n) is 14.5. The number of ether oxygens (including phenoxy) is 3. The minimum Gasteiger partial charge on any atom is -0.456 e. The molecule has 1 N–H and O–H groups in total. The van der Waals surface area contributed by atoms with Crippen molar-refractivity contribution in [1.82, 2.24) is 9.80 Å². The van der Waals surface area contributed by atoms with Crippen LogP contribution in [0.1, 0.15) is 104 Å². The number of carbonyl (C=O) groups excluding carboxylic acids is 6. The lowest BCUT2D eigenvalue weighted by atomic mass is 9.95. The summed E-state index contributed by atoms with van der Waals surface area (Å²) >= 11 is 1.02. The fraction of sp³-hybridized carbons (Fsp3) is 0.500. The molecule has 4 rings (SSSR count). The predicted molar refractivity (Wildman–Crippen MR) is 165 cm³/mol. The molecule has 0 saturated carbocycles. The summed E-state index contributed by atoms with van der Waals surface area (Å²) in [6, 6.07) is 5.68. The second-order valence-electron chi connectivity index (χ2n) is 13.9. The first-order valence-corrected chi connectivity index (χ1v) is 15.3. The molecule has 2 aliphatic heterocycles. The standard InChI is InChI=1S/C32H39N3O9S/c1-30(2,3)42-27(39)22-20-14-17(15-35-25(37)18-12-10-11-13-19(18)26(35)38)34(29(41)44-32(7,8)9)16-21(20)45-24(22)33-23(36)28(40)43-31(4,5)6/h10-13,17H,14-16H2,1-9H3,(H,33,36). The quantitative estimate of drug-likeness (QED) is 0.212. The fourth-order valence-electron chi connectivity index (χ4n) is 4.91. The molecule has 0 spiro atoms. The van der Waals surface area contributed by atoms with Crippen LogP contribution in [-0.2, 0) is 36.8 Å². The Morgan fingerprint density at radius 3 is 1.89 bits per heavy atom. The van der Waals surface area contributed by atoms with E-state index < -0.39 is 58.6 Å². The highest BCUT2D eigenvalue weighted by atomic mass is 32.1. The van der Waals surface area contributed by atoms with Gasteiger partial charge in [-0.3, -0.25) is 24.2 Å². The van der Waals surface area contributed by atoms with Gasteiger partial charge >= 0.3 is 23.9 Å². The topological polar surface area (TPSA) is 149 Å². The number of imide groups is 1. The smallest absolute Gasteiger partial charge is 0.410 e. The number of fused-ring (bicyclic) bond motifs is 2. The van der Waals surface area contributed by atoms with Crippen LogP contribution in [0.4, 0.5) is 9.80 Å². The van der Waals surface area contributed by atoms with E-state index >= 15 is 0 Å². The van der Waals surface area contributed by atoms with Crippen LogP contribution in [0.15, 0.2) is 24.3 Å². The molecule has 45 heavy (non-hydrogen) atoms. The molecule has 0 fully saturated rings. The Balaban J connectivity index is 1.75. The van der Waals surface area contributed by atoms with E-state index in [9.17, 15) is 28.8 Å². The molecule has 0 saturated heterocycles. The molecule has 1 aromatic heterocycles. The van der Waals surface area contributed by atoms with Gasteiger partial charge in [0.05, 0.1) is 35.8 Å². The van der Waals surface area contributed by atoms with E-state index in [-0.39, 0.29) is 41.2 Å². The zero-order valence-electron chi connectivity index (χ0n) is 27.0. The van der Waals surface area contributed by atoms with Gasteiger partial charge in [0, 0.05) is 4.88 Å². The minimum atomic E-state index is -1.14. The van der Waals surface area contributed by atoms with Crippen molar-refractivity contribution in [3.8, 4) is 0 Å². The first-order chi connectivity index (χ1) is 20.6. The Morgan fingerprint density at radius 2 is 1.38 bits per heavy atom. The molecule has 0 aliphatic carbocycles. The van der Waals surface area contributed by atoms with E-state index in [1.165, 1.54) is 4.90 Å². The van der Waals surface area contributed by atoms with E-state index in [4.69, 9.17) is 14.2 Å². The van der Waals surface area contributed by atoms with Gasteiger partial charge in [0.25, 0.3) is 11.8 Å². The Morgan fingerprint density at radius 1 is 0.844 bits per heavy atom. The number of esters is 2. The second kappa shape index (κ2) is 11.9. The van der Waals surface area contributed by atoms with Crippen molar-refractivity contribution >= 4 is 52.1 Å². The van der Waals surface area contributed by atoms with Gasteiger partial charge in [-0.15, -0.1) is 11.3 Å². The Bertz CT molecular complexity index is 1540. The monoisotopic (exact) mass is 641 g/mol. The molecule has 0 radical (unpaired) electrons. The maximum Gasteiger partial charge on any atom is 0.410 e. The average Bonchev–Trinajstić information content (AvgIpc) is 3.35. The molecule has 242 valence electrons. The minimum absolute atomic E-state index is 0.0232. The third-order valence-corrected chi connectivity index (χ3v) is 7.73. The number of benzene rings is 1. The SMILES string of the molecule is CC(C)(C)OC(=O)C(=O)Nc1sc2c(c1C(=O)OC(C)(C)C)CC(CN1C(=O)c3ccccc3C1=O)N(C(=O)OC(C)(C)C)C2. The van der Waals surface area contributed by atoms with E-state index in [2.05, 4.69) is 5.32 Å². The number of nitrogens with one attached hydrogen (secondary N) is 1. The van der Waals surface area contributed by atoms with Crippen LogP contribution in [0.2, 0.25) is 0 Å². The van der Waals surface area contributed by atoms with Crippen LogP contribution in [0.5, 0.6) is 0 Å². The maximum atomic E-state index is 13.6. The summed E-state index contributed by atoms with van der Waals surface area (Å²) in [6.07, 6.45) is -0.656. The number of rotatable bonds is 4. The summed E-state index contributed by atoms with van der Waals surface area (Å²) in [4.78, 5) is 82.0. The van der Waals surface area contributed by atoms with Crippen molar-refractivity contribution in [3.05, 3.63) is 51.4 Å². The number of amides is 4. The molecule has 1 atom stereocenters. The second-order valence-corrected chi connectivity index (χ2v) is 15.0. The lowest BCUT2D eigenvalue weighted by Crippen LogP contribution is -2.52. The van der Waals surface area contributed by atoms with Crippen molar-refractivity contribution in [2.24, 2.45) is 0 Å². The summed E-state index contributed by atoms with van der Waals surface area (Å²) < 4.78 is 16.5. The van der Waals surface area contributed by atoms with Gasteiger partial charge in [0.2, 0.25) is 0 Å². The van der Waals surface area contributed by atoms with Crippen LogP contribution in [0.3, 0.4) is 0 Å². The number of hydrogen-bond acceptors (Lipinski definition) is 10. The molecule has 13 heteroatoms. The Kier molecular flexibility index (Phi) is 8.91. The molecule has 4 amide bonds. The molecular weight excluding hydrogens is 602 g/mol. The van der Waals surface area contributed by atoms with Gasteiger partial charge in [-0.25, -0.2) is 14.4 Å². The van der Waals surface area contributed by atoms with Crippen LogP contribution in [0.25, 0.3) is 0 Å². The molecule has 3 heterocycles. The Labute approximate surface area is 266 Å². The molecule has 2 aromatic rings. The van der Waals surface area contributed by atoms with Crippen molar-refractivity contribution in [2.75, 3.05) is 11.9 Å². The van der Waals surface area contributed by atoms with Gasteiger partial charge in [-0.2, -0.15) is 0 Å². The first kappa shape index (κ1) is 33.6. The van der Waals surface area contributed by atoms with Crippen LogP contribution >= 0.6 is 11.3 Å². The third-order valence-electron chi connectivity index (χ3n) is 6.60. The van der Waals surface area contributed by atoms with E-state index in [1.54, 1.807) is 86.6 Å². The van der Waals surface area contributed by atoms with Crippen molar-refractivity contribution in [3.63, 3.8) is 0 Å². The summed E-state index contributed by atoms with van der Waals surface area (Å²) in [5.74, 6) is -3.95. The van der Waals surface area contributed by atoms with Gasteiger partial charge < -0.3 is 19.5 Å². The number of thiophene rings is 1. The molecular formula is C32H39N3O9S. The number of anilines is 1. The third kappa shape index (κ3) is 7.70. The Hall–Kier alpha value is -4.26. The highest BCUT2D eigenvalue weighted by Gasteiger charge is 2.43. The summed E-state index contributed by atoms with van der Waals surface area (Å²) in [7, 11) is 0. The zero-order chi connectivity index (χ0) is 33.6. The average molecular weight is 642 g/mol. The van der Waals surface area contributed by atoms with Crippen molar-refractivity contribution in [1.29, 1.82) is 0 Å². The molecule has 12 nitrogen and oxygen atoms in total. The van der Waals surface area contributed by atoms with Crippen molar-refractivity contribution in [2.45, 2.75) is 98.1 Å². The van der Waals surface area contributed by atoms with Gasteiger partial charge in [0.1, 0.15) is 21.8 Å². The summed E-state index contributed by atoms with van der Waals surface area (Å²) in [5.41, 5.74) is -1.65. The largest absolute Gasteiger partial charge is 0.456 e. The molecule has 2 aliphatic rings. The van der Waals surface area contributed by atoms with E-state index in [0.717, 1.165) is 16.2 Å². The van der Waals surface area contributed by atoms with Gasteiger partial charge in [-0.05, 0) is 86.4 Å². The van der Waals surface area contributed by atoms with Crippen LogP contribution < -0.4 is 5.32 Å². The van der Waals surface area contributed by atoms with Gasteiger partial charge in [0.15, 0.2) is 0 Å². The summed E-state index contributed by atoms with van der Waals surface area (Å²) in [5, 5.41) is 2.56. The zero-order valence-corrected chi connectivity index (χ0v) is 27.8. The molecule has 0 bridgehead atoms. The highest BCUT2D eigenvalue weighted by molar-refractivity contribution is 7.17. The lowest BCUT2D eigenvalue weighted by Gasteiger charge is -2.38. The van der Waals surface area contributed by atoms with Gasteiger partial charge in [-0.1, -0.05) is 12.1 Å². The van der Waals surface area contributed by atoms with E-state index in [0.29, 0.717) is 10.4 Å². The highest BCUT2D eigenvalue weighted by Crippen LogP contribution is 2.41. The maximum absolute atomic E-state index is 13.6.